The Morgan fingerprint density at radius 2 is 2.19 bits per heavy atom. The highest BCUT2D eigenvalue weighted by atomic mass is 19.1. The molecule has 0 aliphatic heterocycles. The molecular weight excluding hydrogens is 277 g/mol. The van der Waals surface area contributed by atoms with Gasteiger partial charge >= 0.3 is 5.97 Å². The summed E-state index contributed by atoms with van der Waals surface area (Å²) in [6.07, 6.45) is 4.88. The number of carbonyl (C=O) groups is 2. The summed E-state index contributed by atoms with van der Waals surface area (Å²) >= 11 is 0. The third kappa shape index (κ3) is 3.59. The molecule has 0 aromatic heterocycles. The minimum atomic E-state index is -1.34. The van der Waals surface area contributed by atoms with Crippen molar-refractivity contribution in [1.82, 2.24) is 4.90 Å². The molecule has 0 spiro atoms. The van der Waals surface area contributed by atoms with Gasteiger partial charge in [0.05, 0.1) is 5.56 Å². The van der Waals surface area contributed by atoms with E-state index in [1.165, 1.54) is 11.0 Å². The van der Waals surface area contributed by atoms with Gasteiger partial charge in [0.25, 0.3) is 5.91 Å². The quantitative estimate of drug-likeness (QED) is 0.905. The molecule has 0 fully saturated rings. The molecule has 1 N–H and O–H groups in total. The lowest BCUT2D eigenvalue weighted by molar-refractivity contribution is -0.130. The Kier molecular flexibility index (Phi) is 4.57. The molecule has 0 saturated carbocycles. The van der Waals surface area contributed by atoms with Crippen LogP contribution in [0.3, 0.4) is 0 Å². The average molecular weight is 293 g/mol. The Hall–Kier alpha value is -2.37. The van der Waals surface area contributed by atoms with Crippen molar-refractivity contribution in [1.29, 1.82) is 0 Å². The van der Waals surface area contributed by atoms with E-state index < -0.39 is 17.3 Å². The SMILES string of the molecule is CN(C(=O)COc1ccc(C(=O)O)c(F)c1)C1=CCCC1. The molecular formula is C15H16FNO4. The summed E-state index contributed by atoms with van der Waals surface area (Å²) in [7, 11) is 1.68. The van der Waals surface area contributed by atoms with Gasteiger partial charge in [-0.25, -0.2) is 9.18 Å². The Bertz CT molecular complexity index is 597. The van der Waals surface area contributed by atoms with Crippen LogP contribution in [0.1, 0.15) is 29.6 Å². The van der Waals surface area contributed by atoms with Crippen molar-refractivity contribution in [3.63, 3.8) is 0 Å². The van der Waals surface area contributed by atoms with Crippen LogP contribution in [0, 0.1) is 5.82 Å². The number of allylic oxidation sites excluding steroid dienone is 2. The number of hydrogen-bond donors (Lipinski definition) is 1. The average Bonchev–Trinajstić information content (AvgIpc) is 2.97. The normalized spacial score (nSPS) is 13.7. The van der Waals surface area contributed by atoms with Crippen LogP contribution in [0.25, 0.3) is 0 Å². The lowest BCUT2D eigenvalue weighted by Crippen LogP contribution is -2.30. The van der Waals surface area contributed by atoms with E-state index in [4.69, 9.17) is 9.84 Å². The van der Waals surface area contributed by atoms with Crippen LogP contribution in [0.4, 0.5) is 4.39 Å². The maximum Gasteiger partial charge on any atom is 0.338 e. The molecule has 0 bridgehead atoms. The molecule has 1 amide bonds. The first-order valence-electron chi connectivity index (χ1n) is 6.60. The molecule has 0 heterocycles. The summed E-state index contributed by atoms with van der Waals surface area (Å²) < 4.78 is 18.7. The maximum atomic E-state index is 13.5. The number of nitrogens with zero attached hydrogens (tertiary/aromatic N) is 1. The number of benzene rings is 1. The Labute approximate surface area is 121 Å². The number of aromatic carboxylic acids is 1. The van der Waals surface area contributed by atoms with E-state index in [0.717, 1.165) is 37.1 Å². The van der Waals surface area contributed by atoms with Crippen molar-refractivity contribution in [2.24, 2.45) is 0 Å². The second kappa shape index (κ2) is 6.39. The first-order valence-corrected chi connectivity index (χ1v) is 6.60. The zero-order valence-corrected chi connectivity index (χ0v) is 11.6. The molecule has 5 nitrogen and oxygen atoms in total. The van der Waals surface area contributed by atoms with Crippen molar-refractivity contribution in [3.8, 4) is 5.75 Å². The number of likely N-dealkylation sites (N-methyl/N-ethyl adjacent to an activating group) is 1. The van der Waals surface area contributed by atoms with Crippen LogP contribution in [0.5, 0.6) is 5.75 Å². The van der Waals surface area contributed by atoms with E-state index >= 15 is 0 Å². The molecule has 6 heteroatoms. The summed E-state index contributed by atoms with van der Waals surface area (Å²) in [6.45, 7) is -0.223. The molecule has 21 heavy (non-hydrogen) atoms. The van der Waals surface area contributed by atoms with Gasteiger partial charge < -0.3 is 14.7 Å². The monoisotopic (exact) mass is 293 g/mol. The number of hydrogen-bond acceptors (Lipinski definition) is 3. The van der Waals surface area contributed by atoms with Crippen molar-refractivity contribution >= 4 is 11.9 Å². The Morgan fingerprint density at radius 3 is 2.76 bits per heavy atom. The second-order valence-corrected chi connectivity index (χ2v) is 4.78. The van der Waals surface area contributed by atoms with Crippen LogP contribution >= 0.6 is 0 Å². The highest BCUT2D eigenvalue weighted by Crippen LogP contribution is 2.21. The van der Waals surface area contributed by atoms with E-state index in [-0.39, 0.29) is 18.3 Å². The summed E-state index contributed by atoms with van der Waals surface area (Å²) in [6, 6.07) is 3.40. The molecule has 1 aliphatic rings. The number of amides is 1. The number of rotatable bonds is 5. The highest BCUT2D eigenvalue weighted by Gasteiger charge is 2.17. The van der Waals surface area contributed by atoms with Crippen molar-refractivity contribution in [3.05, 3.63) is 41.4 Å². The molecule has 0 radical (unpaired) electrons. The number of carboxylic acids is 1. The molecule has 0 saturated heterocycles. The van der Waals surface area contributed by atoms with Crippen LogP contribution in [-0.2, 0) is 4.79 Å². The first kappa shape index (κ1) is 15.0. The van der Waals surface area contributed by atoms with Gasteiger partial charge in [-0.1, -0.05) is 6.08 Å². The number of ether oxygens (including phenoxy) is 1. The van der Waals surface area contributed by atoms with Gasteiger partial charge in [-0.2, -0.15) is 0 Å². The minimum Gasteiger partial charge on any atom is -0.484 e. The molecule has 1 aliphatic carbocycles. The Balaban J connectivity index is 1.95. The fraction of sp³-hybridized carbons (Fsp3) is 0.333. The largest absolute Gasteiger partial charge is 0.484 e. The van der Waals surface area contributed by atoms with Gasteiger partial charge in [0.1, 0.15) is 11.6 Å². The van der Waals surface area contributed by atoms with E-state index in [0.29, 0.717) is 0 Å². The lowest BCUT2D eigenvalue weighted by atomic mass is 10.2. The van der Waals surface area contributed by atoms with Gasteiger partial charge in [-0.15, -0.1) is 0 Å². The van der Waals surface area contributed by atoms with Gasteiger partial charge in [0.15, 0.2) is 6.61 Å². The maximum absolute atomic E-state index is 13.5. The predicted octanol–water partition coefficient (Wildman–Crippen LogP) is 2.43. The minimum absolute atomic E-state index is 0.125. The third-order valence-electron chi connectivity index (χ3n) is 3.36. The smallest absolute Gasteiger partial charge is 0.338 e. The molecule has 1 aromatic rings. The van der Waals surface area contributed by atoms with Crippen molar-refractivity contribution < 1.29 is 23.8 Å². The van der Waals surface area contributed by atoms with Gasteiger partial charge in [0.2, 0.25) is 0 Å². The van der Waals surface area contributed by atoms with Crippen LogP contribution in [0.2, 0.25) is 0 Å². The standard InChI is InChI=1S/C15H16FNO4/c1-17(10-4-2-3-5-10)14(18)9-21-11-6-7-12(15(19)20)13(16)8-11/h4,6-8H,2-3,5,9H2,1H3,(H,19,20). The lowest BCUT2D eigenvalue weighted by Gasteiger charge is -2.18. The summed E-state index contributed by atoms with van der Waals surface area (Å²) in [4.78, 5) is 24.2. The fourth-order valence-electron chi connectivity index (χ4n) is 2.12. The van der Waals surface area contributed by atoms with Crippen LogP contribution in [-0.4, -0.2) is 35.5 Å². The van der Waals surface area contributed by atoms with Gasteiger partial charge in [0, 0.05) is 18.8 Å². The first-order chi connectivity index (χ1) is 9.99. The van der Waals surface area contributed by atoms with Gasteiger partial charge in [-0.05, 0) is 31.4 Å². The van der Waals surface area contributed by atoms with Crippen LogP contribution < -0.4 is 4.74 Å². The van der Waals surface area contributed by atoms with Crippen molar-refractivity contribution in [2.75, 3.05) is 13.7 Å². The molecule has 1 aromatic carbocycles. The fourth-order valence-corrected chi connectivity index (χ4v) is 2.12. The number of carbonyl (C=O) groups excluding carboxylic acids is 1. The molecule has 0 atom stereocenters. The second-order valence-electron chi connectivity index (χ2n) is 4.78. The highest BCUT2D eigenvalue weighted by molar-refractivity contribution is 5.88. The summed E-state index contributed by atoms with van der Waals surface area (Å²) in [5, 5.41) is 8.72. The zero-order chi connectivity index (χ0) is 15.4. The number of halogens is 1. The predicted molar refractivity (Wildman–Crippen MR) is 73.6 cm³/mol. The summed E-state index contributed by atoms with van der Waals surface area (Å²) in [5.74, 6) is -2.34. The molecule has 112 valence electrons. The van der Waals surface area contributed by atoms with E-state index in [1.807, 2.05) is 6.08 Å². The Morgan fingerprint density at radius 1 is 1.43 bits per heavy atom. The van der Waals surface area contributed by atoms with E-state index in [2.05, 4.69) is 0 Å². The third-order valence-corrected chi connectivity index (χ3v) is 3.36. The molecule has 2 rings (SSSR count). The molecule has 0 unspecified atom stereocenters. The van der Waals surface area contributed by atoms with E-state index in [1.54, 1.807) is 7.05 Å². The number of carboxylic acid groups (broad SMARTS) is 1. The van der Waals surface area contributed by atoms with E-state index in [9.17, 15) is 14.0 Å². The summed E-state index contributed by atoms with van der Waals surface area (Å²) in [5.41, 5.74) is 0.540. The zero-order valence-electron chi connectivity index (χ0n) is 11.6. The van der Waals surface area contributed by atoms with Gasteiger partial charge in [-0.3, -0.25) is 4.79 Å². The van der Waals surface area contributed by atoms with Crippen LogP contribution in [0.15, 0.2) is 30.0 Å². The van der Waals surface area contributed by atoms with Crippen molar-refractivity contribution in [2.45, 2.75) is 19.3 Å². The topological polar surface area (TPSA) is 66.8 Å².